The zero-order chi connectivity index (χ0) is 11.3. The lowest BCUT2D eigenvalue weighted by atomic mass is 9.74. The molecule has 15 heavy (non-hydrogen) atoms. The van der Waals surface area contributed by atoms with Gasteiger partial charge in [0.05, 0.1) is 5.75 Å². The fraction of sp³-hybridized carbons (Fsp3) is 0.875. The number of nitrogens with zero attached hydrogens (tertiary/aromatic N) is 2. The van der Waals surface area contributed by atoms with E-state index in [1.165, 1.54) is 9.21 Å². The van der Waals surface area contributed by atoms with E-state index in [2.05, 4.69) is 0 Å². The summed E-state index contributed by atoms with van der Waals surface area (Å²) in [7, 11) is -3.05. The molecule has 0 aromatic heterocycles. The number of carbonyl (C=O) groups is 1. The number of likely N-dealkylation sites (tertiary alicyclic amines) is 1. The van der Waals surface area contributed by atoms with E-state index in [-0.39, 0.29) is 11.2 Å². The maximum atomic E-state index is 11.4. The molecule has 2 amide bonds. The highest BCUT2D eigenvalue weighted by Gasteiger charge is 2.55. The molecule has 2 aliphatic heterocycles. The topological polar surface area (TPSA) is 83.7 Å². The Morgan fingerprint density at radius 1 is 1.33 bits per heavy atom. The molecule has 2 fully saturated rings. The van der Waals surface area contributed by atoms with Crippen molar-refractivity contribution in [2.75, 3.05) is 31.9 Å². The standard InChI is InChI=1S/C8H15N3O3S/c1-2-15(13,14)11-5-8(6-11)3-10(4-8)7(9)12/h2-6H2,1H3,(H2,9,12). The van der Waals surface area contributed by atoms with Crippen LogP contribution < -0.4 is 5.73 Å². The Morgan fingerprint density at radius 3 is 2.27 bits per heavy atom. The van der Waals surface area contributed by atoms with Gasteiger partial charge in [0.2, 0.25) is 10.0 Å². The van der Waals surface area contributed by atoms with E-state index >= 15 is 0 Å². The number of nitrogens with two attached hydrogens (primary N) is 1. The summed E-state index contributed by atoms with van der Waals surface area (Å²) in [6.45, 7) is 3.90. The van der Waals surface area contributed by atoms with Gasteiger partial charge in [0.15, 0.2) is 0 Å². The van der Waals surface area contributed by atoms with Crippen molar-refractivity contribution < 1.29 is 13.2 Å². The summed E-state index contributed by atoms with van der Waals surface area (Å²) < 4.78 is 24.4. The number of primary amides is 1. The van der Waals surface area contributed by atoms with Crippen LogP contribution in [0.4, 0.5) is 4.79 Å². The maximum Gasteiger partial charge on any atom is 0.314 e. The summed E-state index contributed by atoms with van der Waals surface area (Å²) in [5, 5.41) is 0. The molecule has 0 aromatic rings. The van der Waals surface area contributed by atoms with Crippen LogP contribution in [0.1, 0.15) is 6.92 Å². The third-order valence-electron chi connectivity index (χ3n) is 3.15. The van der Waals surface area contributed by atoms with Crippen molar-refractivity contribution in [3.63, 3.8) is 0 Å². The second-order valence-electron chi connectivity index (χ2n) is 4.36. The lowest BCUT2D eigenvalue weighted by molar-refractivity contribution is -0.0548. The largest absolute Gasteiger partial charge is 0.351 e. The summed E-state index contributed by atoms with van der Waals surface area (Å²) >= 11 is 0. The Labute approximate surface area is 89.1 Å². The summed E-state index contributed by atoms with van der Waals surface area (Å²) in [4.78, 5) is 12.3. The van der Waals surface area contributed by atoms with Crippen molar-refractivity contribution in [2.45, 2.75) is 6.92 Å². The van der Waals surface area contributed by atoms with Gasteiger partial charge in [-0.2, -0.15) is 0 Å². The molecule has 0 saturated carbocycles. The Balaban J connectivity index is 1.88. The van der Waals surface area contributed by atoms with Crippen molar-refractivity contribution in [3.8, 4) is 0 Å². The van der Waals surface area contributed by atoms with Crippen molar-refractivity contribution >= 4 is 16.1 Å². The van der Waals surface area contributed by atoms with Crippen molar-refractivity contribution in [3.05, 3.63) is 0 Å². The first-order chi connectivity index (χ1) is 6.88. The lowest BCUT2D eigenvalue weighted by Crippen LogP contribution is -2.74. The second-order valence-corrected chi connectivity index (χ2v) is 6.62. The van der Waals surface area contributed by atoms with Crippen LogP contribution in [-0.4, -0.2) is 55.6 Å². The Morgan fingerprint density at radius 2 is 1.87 bits per heavy atom. The first kappa shape index (κ1) is 10.7. The molecule has 2 saturated heterocycles. The predicted octanol–water partition coefficient (Wildman–Crippen LogP) is -0.968. The summed E-state index contributed by atoms with van der Waals surface area (Å²) in [6.07, 6.45) is 0. The van der Waals surface area contributed by atoms with Crippen LogP contribution >= 0.6 is 0 Å². The van der Waals surface area contributed by atoms with E-state index in [9.17, 15) is 13.2 Å². The SMILES string of the molecule is CCS(=O)(=O)N1CC2(CN(C(N)=O)C2)C1. The molecular formula is C8H15N3O3S. The van der Waals surface area contributed by atoms with Crippen LogP contribution in [0.15, 0.2) is 0 Å². The van der Waals surface area contributed by atoms with E-state index < -0.39 is 16.1 Å². The van der Waals surface area contributed by atoms with Crippen LogP contribution in [0, 0.1) is 5.41 Å². The summed E-state index contributed by atoms with van der Waals surface area (Å²) in [5.41, 5.74) is 5.10. The van der Waals surface area contributed by atoms with Gasteiger partial charge in [-0.15, -0.1) is 0 Å². The monoisotopic (exact) mass is 233 g/mol. The van der Waals surface area contributed by atoms with E-state index in [0.717, 1.165) is 0 Å². The number of rotatable bonds is 2. The molecule has 1 spiro atoms. The van der Waals surface area contributed by atoms with Gasteiger partial charge in [-0.1, -0.05) is 0 Å². The molecule has 0 aliphatic carbocycles. The quantitative estimate of drug-likeness (QED) is 0.666. The van der Waals surface area contributed by atoms with Gasteiger partial charge in [-0.25, -0.2) is 17.5 Å². The molecule has 2 heterocycles. The van der Waals surface area contributed by atoms with E-state index in [4.69, 9.17) is 5.73 Å². The van der Waals surface area contributed by atoms with Gasteiger partial charge in [-0.3, -0.25) is 0 Å². The minimum Gasteiger partial charge on any atom is -0.351 e. The average Bonchev–Trinajstić information content (AvgIpc) is 1.98. The predicted molar refractivity (Wildman–Crippen MR) is 54.6 cm³/mol. The number of sulfonamides is 1. The number of hydrogen-bond donors (Lipinski definition) is 1. The third-order valence-corrected chi connectivity index (χ3v) is 4.92. The lowest BCUT2D eigenvalue weighted by Gasteiger charge is -2.58. The van der Waals surface area contributed by atoms with Gasteiger partial charge < -0.3 is 10.6 Å². The second kappa shape index (κ2) is 3.08. The van der Waals surface area contributed by atoms with Crippen LogP contribution in [0.2, 0.25) is 0 Å². The molecule has 0 radical (unpaired) electrons. The van der Waals surface area contributed by atoms with Crippen LogP contribution in [0.5, 0.6) is 0 Å². The zero-order valence-corrected chi connectivity index (χ0v) is 9.46. The van der Waals surface area contributed by atoms with Crippen molar-refractivity contribution in [1.29, 1.82) is 0 Å². The van der Waals surface area contributed by atoms with Gasteiger partial charge in [-0.05, 0) is 6.92 Å². The smallest absolute Gasteiger partial charge is 0.314 e. The van der Waals surface area contributed by atoms with Crippen LogP contribution in [0.3, 0.4) is 0 Å². The number of amides is 2. The van der Waals surface area contributed by atoms with Crippen LogP contribution in [0.25, 0.3) is 0 Å². The summed E-state index contributed by atoms with van der Waals surface area (Å²) in [6, 6.07) is -0.419. The highest BCUT2D eigenvalue weighted by molar-refractivity contribution is 7.89. The average molecular weight is 233 g/mol. The Kier molecular flexibility index (Phi) is 2.20. The van der Waals surface area contributed by atoms with E-state index in [1.807, 2.05) is 0 Å². The molecule has 2 aliphatic rings. The van der Waals surface area contributed by atoms with Gasteiger partial charge >= 0.3 is 6.03 Å². The molecular weight excluding hydrogens is 218 g/mol. The Bertz CT molecular complexity index is 378. The molecule has 2 rings (SSSR count). The highest BCUT2D eigenvalue weighted by atomic mass is 32.2. The van der Waals surface area contributed by atoms with Gasteiger partial charge in [0, 0.05) is 31.6 Å². The first-order valence-corrected chi connectivity index (χ1v) is 6.52. The Hall–Kier alpha value is -0.820. The number of urea groups is 1. The van der Waals surface area contributed by atoms with Crippen molar-refractivity contribution in [2.24, 2.45) is 11.1 Å². The molecule has 0 aromatic carbocycles. The minimum absolute atomic E-state index is 0.00271. The molecule has 2 N–H and O–H groups in total. The number of carbonyl (C=O) groups excluding carboxylic acids is 1. The van der Waals surface area contributed by atoms with Crippen molar-refractivity contribution in [1.82, 2.24) is 9.21 Å². The third kappa shape index (κ3) is 1.59. The van der Waals surface area contributed by atoms with Crippen LogP contribution in [-0.2, 0) is 10.0 Å². The molecule has 0 bridgehead atoms. The zero-order valence-electron chi connectivity index (χ0n) is 8.64. The molecule has 7 heteroatoms. The molecule has 86 valence electrons. The highest BCUT2D eigenvalue weighted by Crippen LogP contribution is 2.40. The molecule has 0 unspecified atom stereocenters. The fourth-order valence-corrected chi connectivity index (χ4v) is 3.51. The normalized spacial score (nSPS) is 24.7. The van der Waals surface area contributed by atoms with Gasteiger partial charge in [0.1, 0.15) is 0 Å². The van der Waals surface area contributed by atoms with E-state index in [0.29, 0.717) is 26.2 Å². The van der Waals surface area contributed by atoms with E-state index in [1.54, 1.807) is 6.92 Å². The maximum absolute atomic E-state index is 11.4. The minimum atomic E-state index is -3.05. The fourth-order valence-electron chi connectivity index (χ4n) is 2.20. The molecule has 6 nitrogen and oxygen atoms in total. The molecule has 0 atom stereocenters. The number of hydrogen-bond acceptors (Lipinski definition) is 3. The first-order valence-electron chi connectivity index (χ1n) is 4.91. The summed E-state index contributed by atoms with van der Waals surface area (Å²) in [5.74, 6) is 0.141. The van der Waals surface area contributed by atoms with Gasteiger partial charge in [0.25, 0.3) is 0 Å².